The molecule has 1 N–H and O–H groups in total. The van der Waals surface area contributed by atoms with Crippen LogP contribution < -0.4 is 0 Å². The first kappa shape index (κ1) is 9.52. The molecule has 0 saturated carbocycles. The van der Waals surface area contributed by atoms with Gasteiger partial charge in [-0.3, -0.25) is 4.99 Å². The fourth-order valence-electron chi connectivity index (χ4n) is 1.23. The van der Waals surface area contributed by atoms with Gasteiger partial charge in [-0.2, -0.15) is 0 Å². The minimum Gasteiger partial charge on any atom is -0.507 e. The van der Waals surface area contributed by atoms with Crippen LogP contribution in [0.5, 0.6) is 5.75 Å². The van der Waals surface area contributed by atoms with Gasteiger partial charge in [0.25, 0.3) is 0 Å². The number of hydrogen-bond acceptors (Lipinski definition) is 3. The van der Waals surface area contributed by atoms with Crippen molar-refractivity contribution in [2.45, 2.75) is 6.54 Å². The summed E-state index contributed by atoms with van der Waals surface area (Å²) in [6, 6.07) is 10.8. The second-order valence-corrected chi connectivity index (χ2v) is 3.11. The summed E-state index contributed by atoms with van der Waals surface area (Å²) >= 11 is 0. The minimum absolute atomic E-state index is 0.237. The van der Waals surface area contributed by atoms with Crippen molar-refractivity contribution in [2.24, 2.45) is 4.99 Å². The van der Waals surface area contributed by atoms with E-state index < -0.39 is 0 Å². The normalized spacial score (nSPS) is 10.9. The van der Waals surface area contributed by atoms with Crippen LogP contribution in [0.25, 0.3) is 0 Å². The molecule has 0 atom stereocenters. The summed E-state index contributed by atoms with van der Waals surface area (Å²) in [5.41, 5.74) is 0.712. The van der Waals surface area contributed by atoms with E-state index in [2.05, 4.69) is 4.99 Å². The molecule has 0 aliphatic carbocycles. The van der Waals surface area contributed by atoms with Gasteiger partial charge >= 0.3 is 0 Å². The zero-order chi connectivity index (χ0) is 10.5. The van der Waals surface area contributed by atoms with Gasteiger partial charge in [0.15, 0.2) is 0 Å². The predicted octanol–water partition coefficient (Wildman–Crippen LogP) is 2.60. The van der Waals surface area contributed by atoms with E-state index in [0.717, 1.165) is 5.76 Å². The quantitative estimate of drug-likeness (QED) is 0.776. The smallest absolute Gasteiger partial charge is 0.125 e. The van der Waals surface area contributed by atoms with Crippen molar-refractivity contribution in [2.75, 3.05) is 0 Å². The molecule has 1 heterocycles. The van der Waals surface area contributed by atoms with Crippen molar-refractivity contribution in [1.29, 1.82) is 0 Å². The molecule has 0 aliphatic heterocycles. The molecule has 0 saturated heterocycles. The lowest BCUT2D eigenvalue weighted by atomic mass is 10.2. The highest BCUT2D eigenvalue weighted by molar-refractivity contribution is 5.83. The average Bonchev–Trinajstić information content (AvgIpc) is 2.74. The van der Waals surface area contributed by atoms with Crippen LogP contribution in [0.3, 0.4) is 0 Å². The van der Waals surface area contributed by atoms with Crippen molar-refractivity contribution in [1.82, 2.24) is 0 Å². The molecular weight excluding hydrogens is 190 g/mol. The van der Waals surface area contributed by atoms with Gasteiger partial charge in [0.1, 0.15) is 11.5 Å². The van der Waals surface area contributed by atoms with Crippen LogP contribution in [0.2, 0.25) is 0 Å². The number of benzene rings is 1. The Morgan fingerprint density at radius 2 is 2.07 bits per heavy atom. The first-order valence-electron chi connectivity index (χ1n) is 4.66. The van der Waals surface area contributed by atoms with E-state index >= 15 is 0 Å². The van der Waals surface area contributed by atoms with Crippen molar-refractivity contribution in [3.05, 3.63) is 54.0 Å². The third kappa shape index (κ3) is 2.47. The molecule has 0 spiro atoms. The van der Waals surface area contributed by atoms with Crippen molar-refractivity contribution in [3.63, 3.8) is 0 Å². The summed E-state index contributed by atoms with van der Waals surface area (Å²) in [7, 11) is 0. The molecule has 0 unspecified atom stereocenters. The Bertz CT molecular complexity index is 446. The van der Waals surface area contributed by atoms with Crippen LogP contribution in [0.1, 0.15) is 11.3 Å². The van der Waals surface area contributed by atoms with Crippen LogP contribution in [0, 0.1) is 0 Å². The van der Waals surface area contributed by atoms with E-state index in [4.69, 9.17) is 4.42 Å². The lowest BCUT2D eigenvalue weighted by Crippen LogP contribution is -1.83. The maximum Gasteiger partial charge on any atom is 0.125 e. The first-order valence-corrected chi connectivity index (χ1v) is 4.66. The Labute approximate surface area is 87.7 Å². The summed E-state index contributed by atoms with van der Waals surface area (Å²) in [5.74, 6) is 1.04. The monoisotopic (exact) mass is 201 g/mol. The fourth-order valence-corrected chi connectivity index (χ4v) is 1.23. The van der Waals surface area contributed by atoms with Crippen molar-refractivity contribution < 1.29 is 9.52 Å². The van der Waals surface area contributed by atoms with Gasteiger partial charge in [-0.15, -0.1) is 0 Å². The van der Waals surface area contributed by atoms with Gasteiger partial charge in [-0.25, -0.2) is 0 Å². The number of rotatable bonds is 3. The molecule has 2 rings (SSSR count). The van der Waals surface area contributed by atoms with Gasteiger partial charge in [0.2, 0.25) is 0 Å². The number of nitrogens with zero attached hydrogens (tertiary/aromatic N) is 1. The third-order valence-corrected chi connectivity index (χ3v) is 1.99. The number of aromatic hydroxyl groups is 1. The Morgan fingerprint density at radius 1 is 1.20 bits per heavy atom. The number of hydrogen-bond donors (Lipinski definition) is 1. The highest BCUT2D eigenvalue weighted by Crippen LogP contribution is 2.13. The van der Waals surface area contributed by atoms with E-state index in [1.165, 1.54) is 0 Å². The summed E-state index contributed by atoms with van der Waals surface area (Å²) in [6.07, 6.45) is 3.25. The molecule has 0 radical (unpaired) electrons. The SMILES string of the molecule is Oc1ccccc1/C=N/Cc1ccco1. The zero-order valence-electron chi connectivity index (χ0n) is 8.13. The van der Waals surface area contributed by atoms with Gasteiger partial charge in [-0.05, 0) is 24.3 Å². The Kier molecular flexibility index (Phi) is 2.83. The van der Waals surface area contributed by atoms with E-state index in [9.17, 15) is 5.11 Å². The minimum atomic E-state index is 0.237. The maximum absolute atomic E-state index is 9.45. The average molecular weight is 201 g/mol. The van der Waals surface area contributed by atoms with Crippen LogP contribution in [0.15, 0.2) is 52.1 Å². The summed E-state index contributed by atoms with van der Waals surface area (Å²) in [5, 5.41) is 9.45. The summed E-state index contributed by atoms with van der Waals surface area (Å²) in [4.78, 5) is 4.17. The fraction of sp³-hybridized carbons (Fsp3) is 0.0833. The van der Waals surface area contributed by atoms with Gasteiger partial charge < -0.3 is 9.52 Å². The molecule has 1 aromatic carbocycles. The maximum atomic E-state index is 9.45. The number of phenols is 1. The van der Waals surface area contributed by atoms with E-state index in [1.54, 1.807) is 30.7 Å². The van der Waals surface area contributed by atoms with Crippen molar-refractivity contribution in [3.8, 4) is 5.75 Å². The molecule has 0 aliphatic rings. The molecule has 76 valence electrons. The molecule has 3 nitrogen and oxygen atoms in total. The van der Waals surface area contributed by atoms with E-state index in [1.807, 2.05) is 18.2 Å². The van der Waals surface area contributed by atoms with Crippen LogP contribution in [-0.4, -0.2) is 11.3 Å². The highest BCUT2D eigenvalue weighted by atomic mass is 16.3. The molecule has 0 fully saturated rings. The van der Waals surface area contributed by atoms with Crippen LogP contribution >= 0.6 is 0 Å². The number of para-hydroxylation sites is 1. The Balaban J connectivity index is 2.03. The van der Waals surface area contributed by atoms with Crippen LogP contribution in [-0.2, 0) is 6.54 Å². The predicted molar refractivity (Wildman–Crippen MR) is 58.1 cm³/mol. The molecule has 1 aromatic heterocycles. The van der Waals surface area contributed by atoms with E-state index in [0.29, 0.717) is 12.1 Å². The molecule has 2 aromatic rings. The third-order valence-electron chi connectivity index (χ3n) is 1.99. The second kappa shape index (κ2) is 4.46. The number of furan rings is 1. The Morgan fingerprint density at radius 3 is 2.80 bits per heavy atom. The van der Waals surface area contributed by atoms with Crippen LogP contribution in [0.4, 0.5) is 0 Å². The number of aliphatic imine (C=N–C) groups is 1. The lowest BCUT2D eigenvalue weighted by molar-refractivity contribution is 0.474. The second-order valence-electron chi connectivity index (χ2n) is 3.11. The first-order chi connectivity index (χ1) is 7.36. The highest BCUT2D eigenvalue weighted by Gasteiger charge is 1.95. The standard InChI is InChI=1S/C12H11NO2/c14-12-6-2-1-4-10(12)8-13-9-11-5-3-7-15-11/h1-8,14H,9H2/b13-8+. The molecular formula is C12H11NO2. The molecule has 15 heavy (non-hydrogen) atoms. The summed E-state index contributed by atoms with van der Waals surface area (Å²) < 4.78 is 5.13. The number of phenolic OH excluding ortho intramolecular Hbond substituents is 1. The zero-order valence-corrected chi connectivity index (χ0v) is 8.13. The summed E-state index contributed by atoms with van der Waals surface area (Å²) in [6.45, 7) is 0.487. The Hall–Kier alpha value is -2.03. The lowest BCUT2D eigenvalue weighted by Gasteiger charge is -1.96. The largest absolute Gasteiger partial charge is 0.507 e. The molecule has 3 heteroatoms. The van der Waals surface area contributed by atoms with Gasteiger partial charge in [0, 0.05) is 11.8 Å². The van der Waals surface area contributed by atoms with Crippen molar-refractivity contribution >= 4 is 6.21 Å². The van der Waals surface area contributed by atoms with Gasteiger partial charge in [0.05, 0.1) is 12.8 Å². The molecule has 0 bridgehead atoms. The molecule has 0 amide bonds. The van der Waals surface area contributed by atoms with E-state index in [-0.39, 0.29) is 5.75 Å². The topological polar surface area (TPSA) is 45.7 Å². The van der Waals surface area contributed by atoms with Gasteiger partial charge in [-0.1, -0.05) is 12.1 Å².